The molecule has 8 nitrogen and oxygen atoms in total. The molecule has 174 valence electrons. The fourth-order valence-electron chi connectivity index (χ4n) is 4.26. The van der Waals surface area contributed by atoms with Crippen molar-refractivity contribution in [3.8, 4) is 23.3 Å². The Morgan fingerprint density at radius 2 is 1.89 bits per heavy atom. The molecule has 1 amide bonds. The van der Waals surface area contributed by atoms with Crippen LogP contribution in [0.3, 0.4) is 0 Å². The highest BCUT2D eigenvalue weighted by molar-refractivity contribution is 6.31. The molecule has 0 radical (unpaired) electrons. The minimum Gasteiger partial charge on any atom is -0.354 e. The van der Waals surface area contributed by atoms with Crippen molar-refractivity contribution in [3.63, 3.8) is 0 Å². The lowest BCUT2D eigenvalue weighted by Crippen LogP contribution is -2.41. The van der Waals surface area contributed by atoms with Crippen molar-refractivity contribution >= 4 is 29.0 Å². The number of imidazole rings is 1. The van der Waals surface area contributed by atoms with E-state index in [1.54, 1.807) is 24.4 Å². The van der Waals surface area contributed by atoms with Crippen molar-refractivity contribution in [2.45, 2.75) is 12.8 Å². The molecule has 1 atom stereocenters. The van der Waals surface area contributed by atoms with Gasteiger partial charge in [-0.2, -0.15) is 5.26 Å². The van der Waals surface area contributed by atoms with Gasteiger partial charge in [-0.05, 0) is 43.2 Å². The lowest BCUT2D eigenvalue weighted by Gasteiger charge is -2.32. The minimum absolute atomic E-state index is 0.135. The second-order valence-corrected chi connectivity index (χ2v) is 8.75. The number of carbonyl (C=O) groups is 1. The van der Waals surface area contributed by atoms with Crippen LogP contribution >= 0.6 is 11.6 Å². The molecule has 1 fully saturated rings. The molecule has 1 aliphatic rings. The summed E-state index contributed by atoms with van der Waals surface area (Å²) in [6.07, 6.45) is 5.20. The lowest BCUT2D eigenvalue weighted by atomic mass is 9.97. The van der Waals surface area contributed by atoms with E-state index in [1.807, 2.05) is 53.2 Å². The van der Waals surface area contributed by atoms with Crippen molar-refractivity contribution in [3.05, 3.63) is 83.6 Å². The van der Waals surface area contributed by atoms with E-state index in [0.29, 0.717) is 34.5 Å². The van der Waals surface area contributed by atoms with Gasteiger partial charge in [0.05, 0.1) is 17.2 Å². The molecule has 5 rings (SSSR count). The van der Waals surface area contributed by atoms with Gasteiger partial charge in [0.25, 0.3) is 0 Å². The van der Waals surface area contributed by atoms with E-state index in [9.17, 15) is 10.1 Å². The maximum Gasteiger partial charge on any atom is 0.229 e. The standard InChI is InChI=1S/C26H22ClN7O/c27-21-9-8-19(16-28)22(15-21)30-26(35)20-7-4-13-33(17-20)23-10-11-24(32-31-23)34-14-12-29-25(34)18-5-2-1-3-6-18/h1-3,5-6,8-12,14-15,20H,4,7,13,17H2,(H,30,35). The average Bonchev–Trinajstić information content (AvgIpc) is 3.40. The number of rotatable bonds is 5. The lowest BCUT2D eigenvalue weighted by molar-refractivity contribution is -0.120. The van der Waals surface area contributed by atoms with Gasteiger partial charge < -0.3 is 10.2 Å². The molecule has 35 heavy (non-hydrogen) atoms. The molecule has 0 aliphatic carbocycles. The number of nitrogens with one attached hydrogen (secondary N) is 1. The van der Waals surface area contributed by atoms with Crippen molar-refractivity contribution in [2.24, 2.45) is 5.92 Å². The highest BCUT2D eigenvalue weighted by Gasteiger charge is 2.27. The Balaban J connectivity index is 1.30. The van der Waals surface area contributed by atoms with Gasteiger partial charge in [-0.25, -0.2) is 4.98 Å². The van der Waals surface area contributed by atoms with Crippen molar-refractivity contribution in [1.82, 2.24) is 19.7 Å². The molecule has 2 aromatic heterocycles. The van der Waals surface area contributed by atoms with Crippen LogP contribution in [-0.2, 0) is 4.79 Å². The smallest absolute Gasteiger partial charge is 0.229 e. The Morgan fingerprint density at radius 1 is 1.09 bits per heavy atom. The van der Waals surface area contributed by atoms with Gasteiger partial charge in [-0.15, -0.1) is 10.2 Å². The van der Waals surface area contributed by atoms with E-state index in [4.69, 9.17) is 11.6 Å². The van der Waals surface area contributed by atoms with E-state index >= 15 is 0 Å². The third kappa shape index (κ3) is 4.86. The van der Waals surface area contributed by atoms with Crippen LogP contribution in [0.5, 0.6) is 0 Å². The van der Waals surface area contributed by atoms with Gasteiger partial charge >= 0.3 is 0 Å². The molecule has 1 saturated heterocycles. The summed E-state index contributed by atoms with van der Waals surface area (Å²) in [5.41, 5.74) is 1.81. The number of hydrogen-bond acceptors (Lipinski definition) is 6. The fourth-order valence-corrected chi connectivity index (χ4v) is 4.43. The molecule has 0 saturated carbocycles. The van der Waals surface area contributed by atoms with Crippen LogP contribution in [-0.4, -0.2) is 38.7 Å². The highest BCUT2D eigenvalue weighted by Crippen LogP contribution is 2.26. The molecule has 1 N–H and O–H groups in total. The number of nitrogens with zero attached hydrogens (tertiary/aromatic N) is 6. The van der Waals surface area contributed by atoms with Crippen LogP contribution in [0, 0.1) is 17.2 Å². The molecular weight excluding hydrogens is 462 g/mol. The van der Waals surface area contributed by atoms with Crippen LogP contribution in [0.15, 0.2) is 73.1 Å². The first-order valence-corrected chi connectivity index (χ1v) is 11.7. The summed E-state index contributed by atoms with van der Waals surface area (Å²) >= 11 is 6.05. The van der Waals surface area contributed by atoms with Crippen LogP contribution < -0.4 is 10.2 Å². The number of hydrogen-bond donors (Lipinski definition) is 1. The monoisotopic (exact) mass is 483 g/mol. The van der Waals surface area contributed by atoms with E-state index in [1.165, 1.54) is 0 Å². The summed E-state index contributed by atoms with van der Waals surface area (Å²) in [7, 11) is 0. The SMILES string of the molecule is N#Cc1ccc(Cl)cc1NC(=O)C1CCCN(c2ccc(-n3ccnc3-c3ccccc3)nn2)C1. The Kier molecular flexibility index (Phi) is 6.42. The maximum absolute atomic E-state index is 13.0. The minimum atomic E-state index is -0.242. The van der Waals surface area contributed by atoms with Gasteiger partial charge in [0.15, 0.2) is 11.6 Å². The van der Waals surface area contributed by atoms with Gasteiger partial charge in [0, 0.05) is 36.1 Å². The Bertz CT molecular complexity index is 1380. The quantitative estimate of drug-likeness (QED) is 0.441. The summed E-state index contributed by atoms with van der Waals surface area (Å²) in [5, 5.41) is 21.5. The number of piperidine rings is 1. The molecule has 1 unspecified atom stereocenters. The zero-order chi connectivity index (χ0) is 24.2. The predicted molar refractivity (Wildman–Crippen MR) is 134 cm³/mol. The summed E-state index contributed by atoms with van der Waals surface area (Å²) in [4.78, 5) is 19.5. The zero-order valence-corrected chi connectivity index (χ0v) is 19.6. The largest absolute Gasteiger partial charge is 0.354 e. The Labute approximate surface area is 207 Å². The predicted octanol–water partition coefficient (Wildman–Crippen LogP) is 4.71. The first-order chi connectivity index (χ1) is 17.1. The van der Waals surface area contributed by atoms with Crippen molar-refractivity contribution < 1.29 is 4.79 Å². The maximum atomic E-state index is 13.0. The zero-order valence-electron chi connectivity index (χ0n) is 18.8. The van der Waals surface area contributed by atoms with Crippen LogP contribution in [0.2, 0.25) is 5.02 Å². The topological polar surface area (TPSA) is 99.7 Å². The van der Waals surface area contributed by atoms with Crippen molar-refractivity contribution in [1.29, 1.82) is 5.26 Å². The normalized spacial score (nSPS) is 15.4. The molecular formula is C26H22ClN7O. The Morgan fingerprint density at radius 3 is 2.66 bits per heavy atom. The number of carbonyl (C=O) groups excluding carboxylic acids is 1. The second-order valence-electron chi connectivity index (χ2n) is 8.31. The van der Waals surface area contributed by atoms with Crippen LogP contribution in [0.4, 0.5) is 11.5 Å². The first kappa shape index (κ1) is 22.6. The third-order valence-electron chi connectivity index (χ3n) is 6.03. The van der Waals surface area contributed by atoms with Gasteiger partial charge in [-0.3, -0.25) is 9.36 Å². The number of anilines is 2. The number of nitriles is 1. The molecule has 2 aromatic carbocycles. The molecule has 9 heteroatoms. The van der Waals surface area contributed by atoms with E-state index in [2.05, 4.69) is 31.5 Å². The van der Waals surface area contributed by atoms with Gasteiger partial charge in [0.2, 0.25) is 5.91 Å². The summed E-state index contributed by atoms with van der Waals surface area (Å²) in [6.45, 7) is 1.31. The average molecular weight is 484 g/mol. The third-order valence-corrected chi connectivity index (χ3v) is 6.27. The molecule has 0 bridgehead atoms. The van der Waals surface area contributed by atoms with Crippen LogP contribution in [0.25, 0.3) is 17.2 Å². The fraction of sp³-hybridized carbons (Fsp3) is 0.192. The number of benzene rings is 2. The van der Waals surface area contributed by atoms with Crippen LogP contribution in [0.1, 0.15) is 18.4 Å². The molecule has 3 heterocycles. The van der Waals surface area contributed by atoms with E-state index < -0.39 is 0 Å². The number of amides is 1. The first-order valence-electron chi connectivity index (χ1n) is 11.3. The highest BCUT2D eigenvalue weighted by atomic mass is 35.5. The number of halogens is 1. The molecule has 0 spiro atoms. The van der Waals surface area contributed by atoms with E-state index in [0.717, 1.165) is 30.8 Å². The summed E-state index contributed by atoms with van der Waals surface area (Å²) < 4.78 is 1.90. The van der Waals surface area contributed by atoms with Crippen molar-refractivity contribution in [2.75, 3.05) is 23.3 Å². The molecule has 4 aromatic rings. The van der Waals surface area contributed by atoms with Gasteiger partial charge in [0.1, 0.15) is 11.9 Å². The Hall–Kier alpha value is -4.22. The summed E-state index contributed by atoms with van der Waals surface area (Å²) in [6, 6.07) is 20.7. The van der Waals surface area contributed by atoms with Gasteiger partial charge in [-0.1, -0.05) is 41.9 Å². The molecule has 1 aliphatic heterocycles. The second kappa shape index (κ2) is 9.95. The van der Waals surface area contributed by atoms with E-state index in [-0.39, 0.29) is 11.8 Å². The number of aromatic nitrogens is 4. The summed E-state index contributed by atoms with van der Waals surface area (Å²) in [5.74, 6) is 1.80.